The molecule has 0 aromatic heterocycles. The van der Waals surface area contributed by atoms with E-state index in [-0.39, 0.29) is 11.8 Å². The fourth-order valence-corrected chi connectivity index (χ4v) is 3.11. The number of morpholine rings is 1. The summed E-state index contributed by atoms with van der Waals surface area (Å²) >= 11 is 0. The standard InChI is InChI=1S/C16H28N2O2/c1-13-11-18(12-14(2)20-13)10-6-5-9-17-16(19)15-7-3-4-8-15/h3-4,13-15H,5-12H2,1-2H3,(H,17,19)/t13-,14+. The molecule has 2 rings (SSSR count). The van der Waals surface area contributed by atoms with Crippen LogP contribution in [0.2, 0.25) is 0 Å². The quantitative estimate of drug-likeness (QED) is 0.597. The van der Waals surface area contributed by atoms with E-state index < -0.39 is 0 Å². The summed E-state index contributed by atoms with van der Waals surface area (Å²) in [5.74, 6) is 0.416. The maximum Gasteiger partial charge on any atom is 0.223 e. The molecule has 0 aromatic carbocycles. The minimum absolute atomic E-state index is 0.191. The van der Waals surface area contributed by atoms with E-state index in [1.54, 1.807) is 0 Å². The molecule has 2 atom stereocenters. The van der Waals surface area contributed by atoms with Crippen LogP contribution in [0.25, 0.3) is 0 Å². The Morgan fingerprint density at radius 3 is 2.50 bits per heavy atom. The van der Waals surface area contributed by atoms with Crippen molar-refractivity contribution in [1.29, 1.82) is 0 Å². The van der Waals surface area contributed by atoms with Gasteiger partial charge in [0.15, 0.2) is 0 Å². The summed E-state index contributed by atoms with van der Waals surface area (Å²) in [4.78, 5) is 14.3. The van der Waals surface area contributed by atoms with Crippen LogP contribution in [0.5, 0.6) is 0 Å². The summed E-state index contributed by atoms with van der Waals surface area (Å²) < 4.78 is 5.73. The largest absolute Gasteiger partial charge is 0.373 e. The number of ether oxygens (including phenoxy) is 1. The summed E-state index contributed by atoms with van der Waals surface area (Å²) in [5.41, 5.74) is 0. The lowest BCUT2D eigenvalue weighted by Crippen LogP contribution is -2.45. The van der Waals surface area contributed by atoms with Crippen molar-refractivity contribution in [2.45, 2.75) is 51.7 Å². The van der Waals surface area contributed by atoms with E-state index in [0.717, 1.165) is 51.9 Å². The van der Waals surface area contributed by atoms with Crippen molar-refractivity contribution in [3.63, 3.8) is 0 Å². The van der Waals surface area contributed by atoms with E-state index in [0.29, 0.717) is 12.2 Å². The third kappa shape index (κ3) is 4.91. The third-order valence-corrected chi connectivity index (χ3v) is 4.07. The van der Waals surface area contributed by atoms with Gasteiger partial charge in [0, 0.05) is 25.6 Å². The maximum atomic E-state index is 11.8. The predicted octanol–water partition coefficient (Wildman–Crippen LogP) is 1.96. The fraction of sp³-hybridized carbons (Fsp3) is 0.812. The van der Waals surface area contributed by atoms with Crippen molar-refractivity contribution >= 4 is 5.91 Å². The molecule has 0 radical (unpaired) electrons. The zero-order valence-corrected chi connectivity index (χ0v) is 12.8. The smallest absolute Gasteiger partial charge is 0.223 e. The van der Waals surface area contributed by atoms with Gasteiger partial charge >= 0.3 is 0 Å². The third-order valence-electron chi connectivity index (χ3n) is 4.07. The molecule has 1 aliphatic heterocycles. The van der Waals surface area contributed by atoms with Gasteiger partial charge < -0.3 is 10.1 Å². The van der Waals surface area contributed by atoms with E-state index in [1.807, 2.05) is 0 Å². The number of carbonyl (C=O) groups excluding carboxylic acids is 1. The van der Waals surface area contributed by atoms with Crippen LogP contribution in [0.1, 0.15) is 39.5 Å². The zero-order chi connectivity index (χ0) is 14.4. The van der Waals surface area contributed by atoms with E-state index in [9.17, 15) is 4.79 Å². The molecule has 0 unspecified atom stereocenters. The molecule has 1 N–H and O–H groups in total. The second kappa shape index (κ2) is 7.79. The summed E-state index contributed by atoms with van der Waals surface area (Å²) in [7, 11) is 0. The Balaban J connectivity index is 1.52. The summed E-state index contributed by atoms with van der Waals surface area (Å²) in [5, 5.41) is 3.06. The first-order valence-corrected chi connectivity index (χ1v) is 7.95. The number of hydrogen-bond acceptors (Lipinski definition) is 3. The topological polar surface area (TPSA) is 41.6 Å². The van der Waals surface area contributed by atoms with Crippen molar-refractivity contribution in [1.82, 2.24) is 10.2 Å². The van der Waals surface area contributed by atoms with Crippen LogP contribution in [-0.4, -0.2) is 49.2 Å². The molecule has 1 heterocycles. The minimum atomic E-state index is 0.191. The van der Waals surface area contributed by atoms with Gasteiger partial charge in [-0.1, -0.05) is 12.2 Å². The highest BCUT2D eigenvalue weighted by Gasteiger charge is 2.21. The molecular formula is C16H28N2O2. The Morgan fingerprint density at radius 2 is 1.85 bits per heavy atom. The summed E-state index contributed by atoms with van der Waals surface area (Å²) in [6.07, 6.45) is 8.91. The Kier molecular flexibility index (Phi) is 6.05. The number of hydrogen-bond donors (Lipinski definition) is 1. The Bertz CT molecular complexity index is 325. The lowest BCUT2D eigenvalue weighted by atomic mass is 10.1. The van der Waals surface area contributed by atoms with E-state index in [4.69, 9.17) is 4.74 Å². The highest BCUT2D eigenvalue weighted by Crippen LogP contribution is 2.17. The van der Waals surface area contributed by atoms with Gasteiger partial charge in [0.25, 0.3) is 0 Å². The highest BCUT2D eigenvalue weighted by molar-refractivity contribution is 5.79. The molecular weight excluding hydrogens is 252 g/mol. The summed E-state index contributed by atoms with van der Waals surface area (Å²) in [6, 6.07) is 0. The van der Waals surface area contributed by atoms with E-state index in [2.05, 4.69) is 36.2 Å². The van der Waals surface area contributed by atoms with Crippen molar-refractivity contribution in [3.05, 3.63) is 12.2 Å². The average Bonchev–Trinajstić information content (AvgIpc) is 2.90. The number of allylic oxidation sites excluding steroid dienone is 2. The van der Waals surface area contributed by atoms with Crippen LogP contribution in [0, 0.1) is 5.92 Å². The van der Waals surface area contributed by atoms with Crippen molar-refractivity contribution in [3.8, 4) is 0 Å². The van der Waals surface area contributed by atoms with Crippen molar-refractivity contribution in [2.24, 2.45) is 5.92 Å². The molecule has 4 nitrogen and oxygen atoms in total. The van der Waals surface area contributed by atoms with Gasteiger partial charge in [-0.15, -0.1) is 0 Å². The summed E-state index contributed by atoms with van der Waals surface area (Å²) in [6.45, 7) is 8.26. The van der Waals surface area contributed by atoms with Gasteiger partial charge in [-0.05, 0) is 46.1 Å². The van der Waals surface area contributed by atoms with Gasteiger partial charge in [-0.3, -0.25) is 9.69 Å². The van der Waals surface area contributed by atoms with Gasteiger partial charge in [-0.25, -0.2) is 0 Å². The molecule has 2 aliphatic rings. The van der Waals surface area contributed by atoms with Gasteiger partial charge in [-0.2, -0.15) is 0 Å². The average molecular weight is 280 g/mol. The van der Waals surface area contributed by atoms with Gasteiger partial charge in [0.05, 0.1) is 12.2 Å². The minimum Gasteiger partial charge on any atom is -0.373 e. The van der Waals surface area contributed by atoms with Crippen LogP contribution < -0.4 is 5.32 Å². The molecule has 1 amide bonds. The number of amides is 1. The number of unbranched alkanes of at least 4 members (excludes halogenated alkanes) is 1. The zero-order valence-electron chi connectivity index (χ0n) is 12.8. The molecule has 0 bridgehead atoms. The number of rotatable bonds is 6. The molecule has 4 heteroatoms. The molecule has 0 aromatic rings. The van der Waals surface area contributed by atoms with Crippen LogP contribution in [0.15, 0.2) is 12.2 Å². The lowest BCUT2D eigenvalue weighted by Gasteiger charge is -2.35. The van der Waals surface area contributed by atoms with E-state index in [1.165, 1.54) is 0 Å². The van der Waals surface area contributed by atoms with Crippen LogP contribution in [0.3, 0.4) is 0 Å². The Labute approximate surface area is 122 Å². The SMILES string of the molecule is C[C@@H]1CN(CCCCNC(=O)C2CC=CC2)C[C@H](C)O1. The van der Waals surface area contributed by atoms with Crippen LogP contribution in [-0.2, 0) is 9.53 Å². The van der Waals surface area contributed by atoms with E-state index >= 15 is 0 Å². The molecule has 20 heavy (non-hydrogen) atoms. The molecule has 1 aliphatic carbocycles. The first-order valence-electron chi connectivity index (χ1n) is 7.95. The molecule has 1 fully saturated rings. The number of carbonyl (C=O) groups is 1. The number of nitrogens with zero attached hydrogens (tertiary/aromatic N) is 1. The van der Waals surface area contributed by atoms with Crippen LogP contribution >= 0.6 is 0 Å². The van der Waals surface area contributed by atoms with Gasteiger partial charge in [0.1, 0.15) is 0 Å². The van der Waals surface area contributed by atoms with Crippen molar-refractivity contribution in [2.75, 3.05) is 26.2 Å². The monoisotopic (exact) mass is 280 g/mol. The molecule has 1 saturated heterocycles. The van der Waals surface area contributed by atoms with Crippen molar-refractivity contribution < 1.29 is 9.53 Å². The predicted molar refractivity (Wildman–Crippen MR) is 80.6 cm³/mol. The normalized spacial score (nSPS) is 27.9. The lowest BCUT2D eigenvalue weighted by molar-refractivity contribution is -0.124. The van der Waals surface area contributed by atoms with Gasteiger partial charge in [0.2, 0.25) is 5.91 Å². The van der Waals surface area contributed by atoms with Crippen LogP contribution in [0.4, 0.5) is 0 Å². The number of nitrogens with one attached hydrogen (secondary N) is 1. The second-order valence-corrected chi connectivity index (χ2v) is 6.15. The Morgan fingerprint density at radius 1 is 1.20 bits per heavy atom. The molecule has 114 valence electrons. The maximum absolute atomic E-state index is 11.8. The second-order valence-electron chi connectivity index (χ2n) is 6.15. The fourth-order valence-electron chi connectivity index (χ4n) is 3.11. The first-order chi connectivity index (χ1) is 9.65. The Hall–Kier alpha value is -0.870. The molecule has 0 saturated carbocycles. The molecule has 0 spiro atoms. The highest BCUT2D eigenvalue weighted by atomic mass is 16.5. The first kappa shape index (κ1) is 15.5.